The van der Waals surface area contributed by atoms with E-state index in [-0.39, 0.29) is 0 Å². The van der Waals surface area contributed by atoms with Gasteiger partial charge in [0.25, 0.3) is 0 Å². The Labute approximate surface area is 123 Å². The number of hydrogen-bond acceptors (Lipinski definition) is 4. The second-order valence-corrected chi connectivity index (χ2v) is 5.46. The van der Waals surface area contributed by atoms with Gasteiger partial charge in [0.2, 0.25) is 0 Å². The maximum absolute atomic E-state index is 4.57. The molecule has 0 saturated carbocycles. The molecule has 3 heterocycles. The fourth-order valence-electron chi connectivity index (χ4n) is 2.29. The summed E-state index contributed by atoms with van der Waals surface area (Å²) >= 11 is 0. The molecule has 0 aliphatic carbocycles. The van der Waals surface area contributed by atoms with Crippen LogP contribution in [0.2, 0.25) is 0 Å². The van der Waals surface area contributed by atoms with E-state index in [9.17, 15) is 0 Å². The number of fused-ring (bicyclic) bond motifs is 1. The van der Waals surface area contributed by atoms with Crippen molar-refractivity contribution < 1.29 is 0 Å². The number of hydrogen-bond donors (Lipinski definition) is 1. The lowest BCUT2D eigenvalue weighted by atomic mass is 10.1. The molecule has 6 nitrogen and oxygen atoms in total. The third kappa shape index (κ3) is 2.74. The molecule has 1 N–H and O–H groups in total. The highest BCUT2D eigenvalue weighted by Crippen LogP contribution is 2.19. The molecule has 0 bridgehead atoms. The first-order valence-corrected chi connectivity index (χ1v) is 7.19. The van der Waals surface area contributed by atoms with Gasteiger partial charge in [0, 0.05) is 44.8 Å². The highest BCUT2D eigenvalue weighted by molar-refractivity contribution is 5.67. The number of rotatable bonds is 5. The van der Waals surface area contributed by atoms with Crippen LogP contribution in [0.15, 0.2) is 30.9 Å². The molecular weight excluding hydrogens is 264 g/mol. The second kappa shape index (κ2) is 5.55. The molecule has 0 amide bonds. The minimum absolute atomic E-state index is 0.408. The van der Waals surface area contributed by atoms with Gasteiger partial charge >= 0.3 is 0 Å². The van der Waals surface area contributed by atoms with Crippen molar-refractivity contribution in [1.29, 1.82) is 0 Å². The van der Waals surface area contributed by atoms with E-state index < -0.39 is 0 Å². The summed E-state index contributed by atoms with van der Waals surface area (Å²) in [6.07, 6.45) is 8.29. The van der Waals surface area contributed by atoms with Gasteiger partial charge in [0.05, 0.1) is 5.69 Å². The molecule has 0 fully saturated rings. The van der Waals surface area contributed by atoms with E-state index >= 15 is 0 Å². The number of imidazole rings is 1. The topological polar surface area (TPSA) is 60.0 Å². The normalized spacial score (nSPS) is 11.4. The van der Waals surface area contributed by atoms with Crippen LogP contribution < -0.4 is 5.32 Å². The maximum atomic E-state index is 4.57. The predicted molar refractivity (Wildman–Crippen MR) is 82.5 cm³/mol. The SMILES string of the molecule is CC(C)c1cc2c(NCCc3nccn3C)nccn2n1. The first-order chi connectivity index (χ1) is 10.1. The van der Waals surface area contributed by atoms with Gasteiger partial charge in [-0.25, -0.2) is 14.5 Å². The smallest absolute Gasteiger partial charge is 0.152 e. The number of aryl methyl sites for hydroxylation is 1. The lowest BCUT2D eigenvalue weighted by Gasteiger charge is -2.06. The van der Waals surface area contributed by atoms with Gasteiger partial charge in [-0.3, -0.25) is 0 Å². The van der Waals surface area contributed by atoms with E-state index in [0.29, 0.717) is 5.92 Å². The minimum Gasteiger partial charge on any atom is -0.368 e. The van der Waals surface area contributed by atoms with Gasteiger partial charge < -0.3 is 9.88 Å². The average molecular weight is 284 g/mol. The van der Waals surface area contributed by atoms with Crippen molar-refractivity contribution >= 4 is 11.3 Å². The quantitative estimate of drug-likeness (QED) is 0.780. The van der Waals surface area contributed by atoms with E-state index in [4.69, 9.17) is 0 Å². The fraction of sp³-hybridized carbons (Fsp3) is 0.400. The third-order valence-corrected chi connectivity index (χ3v) is 3.56. The summed E-state index contributed by atoms with van der Waals surface area (Å²) < 4.78 is 3.91. The highest BCUT2D eigenvalue weighted by Gasteiger charge is 2.09. The zero-order valence-electron chi connectivity index (χ0n) is 12.6. The zero-order valence-corrected chi connectivity index (χ0v) is 12.6. The minimum atomic E-state index is 0.408. The molecule has 0 aliphatic rings. The molecule has 3 aromatic rings. The van der Waals surface area contributed by atoms with Crippen LogP contribution in [-0.2, 0) is 13.5 Å². The lowest BCUT2D eigenvalue weighted by Crippen LogP contribution is -2.10. The van der Waals surface area contributed by atoms with E-state index in [1.54, 1.807) is 6.20 Å². The summed E-state index contributed by atoms with van der Waals surface area (Å²) in [7, 11) is 2.01. The molecule has 0 aliphatic heterocycles. The Bertz CT molecular complexity index is 740. The monoisotopic (exact) mass is 284 g/mol. The Kier molecular flexibility index (Phi) is 3.60. The van der Waals surface area contributed by atoms with Gasteiger partial charge in [-0.15, -0.1) is 0 Å². The summed E-state index contributed by atoms with van der Waals surface area (Å²) in [6, 6.07) is 2.10. The van der Waals surface area contributed by atoms with Crippen molar-refractivity contribution in [2.45, 2.75) is 26.2 Å². The first kappa shape index (κ1) is 13.6. The second-order valence-electron chi connectivity index (χ2n) is 5.46. The van der Waals surface area contributed by atoms with Crippen LogP contribution in [0.1, 0.15) is 31.3 Å². The number of nitrogens with zero attached hydrogens (tertiary/aromatic N) is 5. The van der Waals surface area contributed by atoms with Crippen LogP contribution in [0.3, 0.4) is 0 Å². The summed E-state index contributed by atoms with van der Waals surface area (Å²) in [5, 5.41) is 7.95. The molecule has 0 atom stereocenters. The van der Waals surface area contributed by atoms with Gasteiger partial charge in [-0.2, -0.15) is 5.10 Å². The molecule has 3 rings (SSSR count). The Hall–Kier alpha value is -2.37. The molecule has 0 aromatic carbocycles. The molecule has 6 heteroatoms. The van der Waals surface area contributed by atoms with Gasteiger partial charge in [-0.1, -0.05) is 13.8 Å². The largest absolute Gasteiger partial charge is 0.368 e. The summed E-state index contributed by atoms with van der Waals surface area (Å²) in [6.45, 7) is 5.08. The summed E-state index contributed by atoms with van der Waals surface area (Å²) in [5.41, 5.74) is 2.09. The van der Waals surface area contributed by atoms with Crippen LogP contribution in [0.5, 0.6) is 0 Å². The summed E-state index contributed by atoms with van der Waals surface area (Å²) in [4.78, 5) is 8.74. The van der Waals surface area contributed by atoms with E-state index in [0.717, 1.165) is 35.8 Å². The Balaban J connectivity index is 1.76. The summed E-state index contributed by atoms with van der Waals surface area (Å²) in [5.74, 6) is 2.34. The number of nitrogens with one attached hydrogen (secondary N) is 1. The molecule has 0 saturated heterocycles. The third-order valence-electron chi connectivity index (χ3n) is 3.56. The molecule has 0 radical (unpaired) electrons. The molecular formula is C15H20N6. The molecule has 0 spiro atoms. The Morgan fingerprint density at radius 2 is 2.00 bits per heavy atom. The Morgan fingerprint density at radius 3 is 2.71 bits per heavy atom. The van der Waals surface area contributed by atoms with Crippen molar-refractivity contribution in [3.63, 3.8) is 0 Å². The maximum Gasteiger partial charge on any atom is 0.152 e. The van der Waals surface area contributed by atoms with Crippen molar-refractivity contribution in [2.75, 3.05) is 11.9 Å². The average Bonchev–Trinajstić information content (AvgIpc) is 3.06. The number of aromatic nitrogens is 5. The van der Waals surface area contributed by atoms with Gasteiger partial charge in [0.15, 0.2) is 5.82 Å². The van der Waals surface area contributed by atoms with E-state index in [1.807, 2.05) is 34.7 Å². The zero-order chi connectivity index (χ0) is 14.8. The van der Waals surface area contributed by atoms with Crippen molar-refractivity contribution in [2.24, 2.45) is 7.05 Å². The fourth-order valence-corrected chi connectivity index (χ4v) is 2.29. The van der Waals surface area contributed by atoms with Crippen molar-refractivity contribution in [3.8, 4) is 0 Å². The first-order valence-electron chi connectivity index (χ1n) is 7.19. The van der Waals surface area contributed by atoms with Crippen LogP contribution >= 0.6 is 0 Å². The van der Waals surface area contributed by atoms with Crippen LogP contribution in [0.4, 0.5) is 5.82 Å². The van der Waals surface area contributed by atoms with Gasteiger partial charge in [0.1, 0.15) is 11.3 Å². The predicted octanol–water partition coefficient (Wildman–Crippen LogP) is 2.24. The Morgan fingerprint density at radius 1 is 1.19 bits per heavy atom. The van der Waals surface area contributed by atoms with E-state index in [2.05, 4.69) is 40.3 Å². The van der Waals surface area contributed by atoms with E-state index in [1.165, 1.54) is 0 Å². The molecule has 110 valence electrons. The molecule has 0 unspecified atom stereocenters. The van der Waals surface area contributed by atoms with Gasteiger partial charge in [-0.05, 0) is 12.0 Å². The van der Waals surface area contributed by atoms with Crippen LogP contribution in [-0.4, -0.2) is 30.7 Å². The number of anilines is 1. The lowest BCUT2D eigenvalue weighted by molar-refractivity contribution is 0.783. The van der Waals surface area contributed by atoms with Crippen LogP contribution in [0.25, 0.3) is 5.52 Å². The highest BCUT2D eigenvalue weighted by atomic mass is 15.2. The molecule has 3 aromatic heterocycles. The van der Waals surface area contributed by atoms with Crippen molar-refractivity contribution in [1.82, 2.24) is 24.1 Å². The molecule has 21 heavy (non-hydrogen) atoms. The van der Waals surface area contributed by atoms with Crippen LogP contribution in [0, 0.1) is 0 Å². The standard InChI is InChI=1S/C15H20N6/c1-11(2)12-10-13-15(18-7-9-21(13)19-12)17-5-4-14-16-6-8-20(14)3/h6-11H,4-5H2,1-3H3,(H,17,18). The van der Waals surface area contributed by atoms with Crippen molar-refractivity contribution in [3.05, 3.63) is 42.4 Å².